The smallest absolute Gasteiger partial charge is 0.239 e. The van der Waals surface area contributed by atoms with Gasteiger partial charge in [0, 0.05) is 0 Å². The Bertz CT molecular complexity index is 650. The second-order valence-corrected chi connectivity index (χ2v) is 8.65. The fraction of sp³-hybridized carbons (Fsp3) is 0.667. The summed E-state index contributed by atoms with van der Waals surface area (Å²) in [5, 5.41) is 15.2. The molecule has 1 aromatic heterocycles. The van der Waals surface area contributed by atoms with Crippen LogP contribution in [0.1, 0.15) is 39.5 Å². The minimum Gasteiger partial charge on any atom is -0.476 e. The number of hydrogen-bond acceptors (Lipinski definition) is 5. The summed E-state index contributed by atoms with van der Waals surface area (Å²) in [4.78, 5) is 3.79. The number of hydrogen-bond donors (Lipinski definition) is 2. The van der Waals surface area contributed by atoms with Crippen LogP contribution in [0.25, 0.3) is 0 Å². The summed E-state index contributed by atoms with van der Waals surface area (Å²) in [5.74, 6) is 0.905. The van der Waals surface area contributed by atoms with E-state index in [0.29, 0.717) is 18.4 Å². The van der Waals surface area contributed by atoms with E-state index in [0.717, 1.165) is 31.9 Å². The summed E-state index contributed by atoms with van der Waals surface area (Å²) in [6.45, 7) is 4.18. The van der Waals surface area contributed by atoms with Crippen molar-refractivity contribution < 1.29 is 18.3 Å². The lowest BCUT2D eigenvalue weighted by Gasteiger charge is -2.35. The highest BCUT2D eigenvalue weighted by molar-refractivity contribution is 7.89. The van der Waals surface area contributed by atoms with Gasteiger partial charge in [0.2, 0.25) is 15.9 Å². The number of nitrogens with two attached hydrogens (primary N) is 1. The van der Waals surface area contributed by atoms with Crippen molar-refractivity contribution >= 4 is 21.6 Å². The summed E-state index contributed by atoms with van der Waals surface area (Å²) < 4.78 is 28.1. The third kappa shape index (κ3) is 5.04. The van der Waals surface area contributed by atoms with E-state index < -0.39 is 15.6 Å². The van der Waals surface area contributed by atoms with Crippen LogP contribution in [-0.2, 0) is 10.0 Å². The normalized spacial score (nSPS) is 22.8. The maximum Gasteiger partial charge on any atom is 0.239 e. The largest absolute Gasteiger partial charge is 0.476 e. The predicted molar refractivity (Wildman–Crippen MR) is 87.9 cm³/mol. The molecule has 0 atom stereocenters. The van der Waals surface area contributed by atoms with E-state index in [4.69, 9.17) is 21.5 Å². The van der Waals surface area contributed by atoms with E-state index in [1.807, 2.05) is 13.8 Å². The van der Waals surface area contributed by atoms with Crippen molar-refractivity contribution in [1.82, 2.24) is 4.98 Å². The van der Waals surface area contributed by atoms with E-state index in [9.17, 15) is 13.5 Å². The minimum absolute atomic E-state index is 0.127. The molecule has 1 aliphatic rings. The number of sulfonamides is 1. The number of primary sulfonamides is 1. The van der Waals surface area contributed by atoms with E-state index >= 15 is 0 Å². The molecule has 1 fully saturated rings. The Balaban J connectivity index is 1.90. The fourth-order valence-corrected chi connectivity index (χ4v) is 3.67. The van der Waals surface area contributed by atoms with Crippen LogP contribution in [0.5, 0.6) is 5.88 Å². The van der Waals surface area contributed by atoms with Crippen LogP contribution in [0, 0.1) is 11.8 Å². The molecule has 1 aliphatic carbocycles. The van der Waals surface area contributed by atoms with Gasteiger partial charge in [-0.05, 0) is 57.4 Å². The standard InChI is InChI=1S/C15H23ClN2O4S/c1-15(2,19)11-5-3-10(4-6-11)9-22-14-13(16)7-12(8-18-14)23(17,20)21/h7-8,10-11,19H,3-6,9H2,1-2H3,(H2,17,20,21). The maximum absolute atomic E-state index is 11.2. The van der Waals surface area contributed by atoms with Crippen molar-refractivity contribution in [2.45, 2.75) is 50.0 Å². The quantitative estimate of drug-likeness (QED) is 0.836. The Labute approximate surface area is 142 Å². The van der Waals surface area contributed by atoms with Gasteiger partial charge in [0.15, 0.2) is 0 Å². The Morgan fingerprint density at radius 1 is 1.39 bits per heavy atom. The molecule has 0 aliphatic heterocycles. The van der Waals surface area contributed by atoms with Crippen molar-refractivity contribution in [3.8, 4) is 5.88 Å². The van der Waals surface area contributed by atoms with Gasteiger partial charge in [-0.1, -0.05) is 11.6 Å². The van der Waals surface area contributed by atoms with Gasteiger partial charge >= 0.3 is 0 Å². The number of aliphatic hydroxyl groups is 1. The van der Waals surface area contributed by atoms with Crippen LogP contribution < -0.4 is 9.88 Å². The molecule has 1 aromatic rings. The third-order valence-corrected chi connectivity index (χ3v) is 5.56. The van der Waals surface area contributed by atoms with Gasteiger partial charge in [-0.3, -0.25) is 0 Å². The van der Waals surface area contributed by atoms with Crippen LogP contribution in [-0.4, -0.2) is 30.7 Å². The van der Waals surface area contributed by atoms with Crippen LogP contribution in [0.3, 0.4) is 0 Å². The maximum atomic E-state index is 11.2. The highest BCUT2D eigenvalue weighted by Gasteiger charge is 2.31. The number of ether oxygens (including phenoxy) is 1. The molecule has 0 radical (unpaired) electrons. The first kappa shape index (κ1) is 18.4. The Hall–Kier alpha value is -0.890. The van der Waals surface area contributed by atoms with Gasteiger partial charge in [-0.15, -0.1) is 0 Å². The summed E-state index contributed by atoms with van der Waals surface area (Å²) in [6, 6.07) is 1.24. The van der Waals surface area contributed by atoms with Gasteiger partial charge in [0.05, 0.1) is 18.4 Å². The van der Waals surface area contributed by atoms with Gasteiger partial charge < -0.3 is 9.84 Å². The zero-order valence-corrected chi connectivity index (χ0v) is 14.9. The number of aromatic nitrogens is 1. The molecule has 2 rings (SSSR count). The van der Waals surface area contributed by atoms with Crippen LogP contribution in [0.15, 0.2) is 17.2 Å². The Morgan fingerprint density at radius 2 is 2.00 bits per heavy atom. The van der Waals surface area contributed by atoms with Gasteiger partial charge in [0.1, 0.15) is 9.92 Å². The highest BCUT2D eigenvalue weighted by atomic mass is 35.5. The molecule has 130 valence electrons. The van der Waals surface area contributed by atoms with Crippen molar-refractivity contribution in [2.75, 3.05) is 6.61 Å². The molecule has 0 aromatic carbocycles. The Morgan fingerprint density at radius 3 is 2.48 bits per heavy atom. The number of pyridine rings is 1. The highest BCUT2D eigenvalue weighted by Crippen LogP contribution is 2.35. The van der Waals surface area contributed by atoms with Crippen LogP contribution in [0.2, 0.25) is 5.02 Å². The lowest BCUT2D eigenvalue weighted by Crippen LogP contribution is -2.34. The molecule has 0 amide bonds. The minimum atomic E-state index is -3.82. The number of rotatable bonds is 5. The summed E-state index contributed by atoms with van der Waals surface area (Å²) in [6.07, 6.45) is 5.01. The average molecular weight is 363 g/mol. The van der Waals surface area contributed by atoms with Gasteiger partial charge in [-0.2, -0.15) is 0 Å². The van der Waals surface area contributed by atoms with Gasteiger partial charge in [-0.25, -0.2) is 18.5 Å². The van der Waals surface area contributed by atoms with E-state index in [1.165, 1.54) is 6.07 Å². The molecular formula is C15H23ClN2O4S. The average Bonchev–Trinajstić information content (AvgIpc) is 2.44. The first-order valence-corrected chi connectivity index (χ1v) is 9.53. The Kier molecular flexibility index (Phi) is 5.56. The van der Waals surface area contributed by atoms with E-state index in [1.54, 1.807) is 0 Å². The molecular weight excluding hydrogens is 340 g/mol. The topological polar surface area (TPSA) is 103 Å². The van der Waals surface area contributed by atoms with Gasteiger partial charge in [0.25, 0.3) is 0 Å². The first-order chi connectivity index (χ1) is 10.6. The molecule has 0 spiro atoms. The molecule has 3 N–H and O–H groups in total. The number of nitrogens with zero attached hydrogens (tertiary/aromatic N) is 1. The molecule has 6 nitrogen and oxygen atoms in total. The predicted octanol–water partition coefficient (Wildman–Crippen LogP) is 2.34. The lowest BCUT2D eigenvalue weighted by molar-refractivity contribution is -0.00911. The number of halogens is 1. The second kappa shape index (κ2) is 6.93. The monoisotopic (exact) mass is 362 g/mol. The zero-order chi connectivity index (χ0) is 17.3. The molecule has 23 heavy (non-hydrogen) atoms. The SMILES string of the molecule is CC(C)(O)C1CCC(COc2ncc(S(N)(=O)=O)cc2Cl)CC1. The molecule has 8 heteroatoms. The summed E-state index contributed by atoms with van der Waals surface area (Å²) >= 11 is 6.00. The zero-order valence-electron chi connectivity index (χ0n) is 13.3. The van der Waals surface area contributed by atoms with E-state index in [2.05, 4.69) is 4.98 Å². The molecule has 0 saturated heterocycles. The summed E-state index contributed by atoms with van der Waals surface area (Å²) in [7, 11) is -3.82. The van der Waals surface area contributed by atoms with Crippen molar-refractivity contribution in [3.63, 3.8) is 0 Å². The van der Waals surface area contributed by atoms with Crippen molar-refractivity contribution in [1.29, 1.82) is 0 Å². The first-order valence-electron chi connectivity index (χ1n) is 7.61. The van der Waals surface area contributed by atoms with Crippen LogP contribution in [0.4, 0.5) is 0 Å². The second-order valence-electron chi connectivity index (χ2n) is 6.69. The summed E-state index contributed by atoms with van der Waals surface area (Å²) in [5.41, 5.74) is -0.639. The lowest BCUT2D eigenvalue weighted by atomic mass is 9.75. The van der Waals surface area contributed by atoms with Crippen LogP contribution >= 0.6 is 11.6 Å². The molecule has 1 heterocycles. The molecule has 0 unspecified atom stereocenters. The fourth-order valence-electron chi connectivity index (χ4n) is 2.90. The molecule has 1 saturated carbocycles. The van der Waals surface area contributed by atoms with Crippen molar-refractivity contribution in [2.24, 2.45) is 17.0 Å². The van der Waals surface area contributed by atoms with Crippen molar-refractivity contribution in [3.05, 3.63) is 17.3 Å². The van der Waals surface area contributed by atoms with E-state index in [-0.39, 0.29) is 15.8 Å². The third-order valence-electron chi connectivity index (χ3n) is 4.41. The molecule has 0 bridgehead atoms.